The molecule has 0 radical (unpaired) electrons. The number of ether oxygens (including phenoxy) is 1. The van der Waals surface area contributed by atoms with Crippen molar-refractivity contribution >= 4 is 28.6 Å². The number of hydrogen-bond acceptors (Lipinski definition) is 7. The minimum absolute atomic E-state index is 0.239. The maximum atomic E-state index is 13.1. The molecule has 0 atom stereocenters. The van der Waals surface area contributed by atoms with E-state index in [1.807, 2.05) is 55.5 Å². The number of carbonyl (C=O) groups is 1. The summed E-state index contributed by atoms with van der Waals surface area (Å²) in [4.78, 5) is 24.8. The molecule has 2 aromatic carbocycles. The molecule has 1 amide bonds. The van der Waals surface area contributed by atoms with E-state index in [2.05, 4.69) is 20.5 Å². The highest BCUT2D eigenvalue weighted by Gasteiger charge is 2.23. The molecule has 1 saturated heterocycles. The van der Waals surface area contributed by atoms with E-state index in [4.69, 9.17) is 14.7 Å². The van der Waals surface area contributed by atoms with Gasteiger partial charge in [0.25, 0.3) is 5.91 Å². The van der Waals surface area contributed by atoms with E-state index in [0.717, 1.165) is 48.4 Å². The highest BCUT2D eigenvalue weighted by atomic mass is 16.5. The van der Waals surface area contributed by atoms with Gasteiger partial charge in [-0.3, -0.25) is 4.79 Å². The van der Waals surface area contributed by atoms with Crippen molar-refractivity contribution in [3.63, 3.8) is 0 Å². The van der Waals surface area contributed by atoms with Gasteiger partial charge in [-0.25, -0.2) is 14.6 Å². The number of carbonyl (C=O) groups excluding carboxylic acids is 1. The van der Waals surface area contributed by atoms with Gasteiger partial charge in [0.05, 0.1) is 29.5 Å². The van der Waals surface area contributed by atoms with Crippen LogP contribution < -0.4 is 15.0 Å². The third kappa shape index (κ3) is 3.62. The van der Waals surface area contributed by atoms with Crippen molar-refractivity contribution in [2.45, 2.75) is 19.8 Å². The second-order valence-corrected chi connectivity index (χ2v) is 7.67. The zero-order valence-electron chi connectivity index (χ0n) is 17.9. The van der Waals surface area contributed by atoms with Crippen LogP contribution in [0.2, 0.25) is 0 Å². The Balaban J connectivity index is 1.47. The van der Waals surface area contributed by atoms with Crippen LogP contribution in [-0.4, -0.2) is 51.1 Å². The molecule has 0 aliphatic carbocycles. The molecule has 32 heavy (non-hydrogen) atoms. The smallest absolute Gasteiger partial charge is 0.279 e. The molecule has 5 rings (SSSR count). The van der Waals surface area contributed by atoms with Crippen molar-refractivity contribution in [3.05, 3.63) is 59.9 Å². The van der Waals surface area contributed by atoms with Gasteiger partial charge in [0.15, 0.2) is 17.3 Å². The van der Waals surface area contributed by atoms with E-state index in [0.29, 0.717) is 17.3 Å². The summed E-state index contributed by atoms with van der Waals surface area (Å²) in [5, 5.41) is 11.2. The van der Waals surface area contributed by atoms with Crippen LogP contribution in [0.15, 0.2) is 48.5 Å². The second-order valence-electron chi connectivity index (χ2n) is 7.67. The van der Waals surface area contributed by atoms with E-state index in [-0.39, 0.29) is 11.6 Å². The summed E-state index contributed by atoms with van der Waals surface area (Å²) in [5.74, 6) is 1.50. The Morgan fingerprint density at radius 1 is 1.00 bits per heavy atom. The second kappa shape index (κ2) is 8.26. The topological polar surface area (TPSA) is 98.1 Å². The molecule has 9 heteroatoms. The summed E-state index contributed by atoms with van der Waals surface area (Å²) in [6.07, 6.45) is 2.19. The van der Waals surface area contributed by atoms with Gasteiger partial charge < -0.3 is 15.0 Å². The molecule has 0 bridgehead atoms. The Hall–Kier alpha value is -4.01. The number of amides is 1. The normalized spacial score (nSPS) is 13.5. The quantitative estimate of drug-likeness (QED) is 0.519. The number of para-hydroxylation sites is 2. The average Bonchev–Trinajstić information content (AvgIpc) is 3.49. The van der Waals surface area contributed by atoms with Gasteiger partial charge in [-0.2, -0.15) is 0 Å². The average molecular weight is 429 g/mol. The molecule has 1 N–H and O–H groups in total. The van der Waals surface area contributed by atoms with Crippen LogP contribution in [0.3, 0.4) is 0 Å². The van der Waals surface area contributed by atoms with Crippen LogP contribution in [0.25, 0.3) is 16.7 Å². The maximum absolute atomic E-state index is 13.1. The molecule has 9 nitrogen and oxygen atoms in total. The minimum Gasteiger partial charge on any atom is -0.497 e. The van der Waals surface area contributed by atoms with Crippen LogP contribution in [0.5, 0.6) is 5.75 Å². The minimum atomic E-state index is -0.368. The summed E-state index contributed by atoms with van der Waals surface area (Å²) in [6, 6.07) is 15.1. The Labute approximate surface area is 185 Å². The Bertz CT molecular complexity index is 1280. The molecule has 0 saturated carbocycles. The lowest BCUT2D eigenvalue weighted by atomic mass is 10.2. The van der Waals surface area contributed by atoms with Crippen molar-refractivity contribution in [3.8, 4) is 11.4 Å². The van der Waals surface area contributed by atoms with Gasteiger partial charge in [-0.05, 0) is 56.2 Å². The molecule has 4 aromatic rings. The Morgan fingerprint density at radius 3 is 2.38 bits per heavy atom. The van der Waals surface area contributed by atoms with Crippen molar-refractivity contribution in [2.24, 2.45) is 0 Å². The number of methoxy groups -OCH3 is 1. The largest absolute Gasteiger partial charge is 0.497 e. The lowest BCUT2D eigenvalue weighted by Gasteiger charge is -2.20. The number of aromatic nitrogens is 5. The number of fused-ring (bicyclic) bond motifs is 1. The van der Waals surface area contributed by atoms with Crippen LogP contribution in [0.4, 0.5) is 11.6 Å². The monoisotopic (exact) mass is 429 g/mol. The van der Waals surface area contributed by atoms with Crippen LogP contribution in [0, 0.1) is 6.92 Å². The van der Waals surface area contributed by atoms with Crippen molar-refractivity contribution < 1.29 is 9.53 Å². The lowest BCUT2D eigenvalue weighted by Crippen LogP contribution is -2.23. The first-order valence-electron chi connectivity index (χ1n) is 10.5. The molecule has 1 aliphatic heterocycles. The highest BCUT2D eigenvalue weighted by molar-refractivity contribution is 6.05. The molecule has 0 unspecified atom stereocenters. The van der Waals surface area contributed by atoms with Gasteiger partial charge in [0, 0.05) is 13.1 Å². The fourth-order valence-electron chi connectivity index (χ4n) is 3.90. The first-order valence-corrected chi connectivity index (χ1v) is 10.5. The van der Waals surface area contributed by atoms with Gasteiger partial charge in [-0.1, -0.05) is 17.3 Å². The van der Waals surface area contributed by atoms with Gasteiger partial charge in [0.2, 0.25) is 0 Å². The standard InChI is InChI=1S/C23H23N7O2/c1-15-20(27-28-30(15)16-9-11-17(32-2)12-10-16)23(31)26-21-22(29-13-5-6-14-29)25-19-8-4-3-7-18(19)24-21/h3-4,7-12H,5-6,13-14H2,1-2H3,(H,24,26,31). The van der Waals surface area contributed by atoms with Crippen molar-refractivity contribution in [1.82, 2.24) is 25.0 Å². The number of rotatable bonds is 5. The molecule has 162 valence electrons. The molecule has 1 fully saturated rings. The molecule has 1 aliphatic rings. The lowest BCUT2D eigenvalue weighted by molar-refractivity contribution is 0.102. The van der Waals surface area contributed by atoms with E-state index in [1.54, 1.807) is 11.8 Å². The first-order chi connectivity index (χ1) is 15.6. The number of nitrogens with one attached hydrogen (secondary N) is 1. The Morgan fingerprint density at radius 2 is 1.69 bits per heavy atom. The number of benzene rings is 2. The van der Waals surface area contributed by atoms with Crippen LogP contribution in [-0.2, 0) is 0 Å². The molecule has 3 heterocycles. The summed E-state index contributed by atoms with van der Waals surface area (Å²) >= 11 is 0. The summed E-state index contributed by atoms with van der Waals surface area (Å²) in [7, 11) is 1.62. The fourth-order valence-corrected chi connectivity index (χ4v) is 3.90. The van der Waals surface area contributed by atoms with Crippen LogP contribution >= 0.6 is 0 Å². The van der Waals surface area contributed by atoms with E-state index in [9.17, 15) is 4.79 Å². The highest BCUT2D eigenvalue weighted by Crippen LogP contribution is 2.28. The fraction of sp³-hybridized carbons (Fsp3) is 0.261. The molecule has 2 aromatic heterocycles. The maximum Gasteiger partial charge on any atom is 0.279 e. The summed E-state index contributed by atoms with van der Waals surface area (Å²) < 4.78 is 6.83. The molecular formula is C23H23N7O2. The zero-order valence-corrected chi connectivity index (χ0v) is 17.9. The Kier molecular flexibility index (Phi) is 5.14. The zero-order chi connectivity index (χ0) is 22.1. The molecule has 0 spiro atoms. The number of anilines is 2. The van der Waals surface area contributed by atoms with E-state index in [1.165, 1.54) is 0 Å². The summed E-state index contributed by atoms with van der Waals surface area (Å²) in [6.45, 7) is 3.59. The SMILES string of the molecule is COc1ccc(-n2nnc(C(=O)Nc3nc4ccccc4nc3N3CCCC3)c2C)cc1. The van der Waals surface area contributed by atoms with Gasteiger partial charge in [-0.15, -0.1) is 5.10 Å². The van der Waals surface area contributed by atoms with Crippen LogP contribution in [0.1, 0.15) is 29.0 Å². The first kappa shape index (κ1) is 19.9. The predicted octanol–water partition coefficient (Wildman–Crippen LogP) is 3.38. The number of hydrogen-bond donors (Lipinski definition) is 1. The number of nitrogens with zero attached hydrogens (tertiary/aromatic N) is 6. The van der Waals surface area contributed by atoms with Gasteiger partial charge in [0.1, 0.15) is 5.75 Å². The predicted molar refractivity (Wildman–Crippen MR) is 122 cm³/mol. The third-order valence-electron chi connectivity index (χ3n) is 5.62. The van der Waals surface area contributed by atoms with E-state index >= 15 is 0 Å². The van der Waals surface area contributed by atoms with Crippen molar-refractivity contribution in [1.29, 1.82) is 0 Å². The third-order valence-corrected chi connectivity index (χ3v) is 5.62. The molecular weight excluding hydrogens is 406 g/mol. The summed E-state index contributed by atoms with van der Waals surface area (Å²) in [5.41, 5.74) is 3.18. The van der Waals surface area contributed by atoms with Crippen molar-refractivity contribution in [2.75, 3.05) is 30.4 Å². The van der Waals surface area contributed by atoms with Gasteiger partial charge >= 0.3 is 0 Å². The van der Waals surface area contributed by atoms with E-state index < -0.39 is 0 Å².